The van der Waals surface area contributed by atoms with Crippen molar-refractivity contribution in [2.24, 2.45) is 0 Å². The molecule has 0 fully saturated rings. The molecule has 26 heavy (non-hydrogen) atoms. The summed E-state index contributed by atoms with van der Waals surface area (Å²) < 4.78 is 62.0. The minimum absolute atomic E-state index is 0.124. The van der Waals surface area contributed by atoms with Crippen LogP contribution in [-0.2, 0) is 10.0 Å². The Morgan fingerprint density at radius 1 is 1.12 bits per heavy atom. The van der Waals surface area contributed by atoms with Crippen molar-refractivity contribution in [2.75, 3.05) is 18.9 Å². The number of unbranched alkanes of at least 4 members (excludes halogenated alkanes) is 4. The number of carbonyl (C=O) groups is 1. The number of sulfonamides is 1. The summed E-state index contributed by atoms with van der Waals surface area (Å²) in [5, 5.41) is 12.1. The summed E-state index contributed by atoms with van der Waals surface area (Å²) in [4.78, 5) is 10.8. The molecular formula is C16H23F3N2O4S. The molecule has 0 saturated heterocycles. The highest BCUT2D eigenvalue weighted by atomic mass is 32.2. The molecule has 1 aromatic carbocycles. The van der Waals surface area contributed by atoms with Crippen LogP contribution in [0.1, 0.15) is 48.9 Å². The Balaban J connectivity index is 2.49. The Bertz CT molecular complexity index is 706. The average molecular weight is 396 g/mol. The van der Waals surface area contributed by atoms with Crippen LogP contribution in [0, 0.1) is 0 Å². The molecule has 0 heterocycles. The lowest BCUT2D eigenvalue weighted by atomic mass is 10.1. The second-order valence-corrected chi connectivity index (χ2v) is 7.64. The van der Waals surface area contributed by atoms with Gasteiger partial charge in [-0.15, -0.1) is 0 Å². The van der Waals surface area contributed by atoms with Crippen molar-refractivity contribution in [3.63, 3.8) is 0 Å². The number of nitrogens with one attached hydrogen (secondary N) is 2. The third-order valence-corrected chi connectivity index (χ3v) is 5.19. The summed E-state index contributed by atoms with van der Waals surface area (Å²) in [5.74, 6) is -1.34. The van der Waals surface area contributed by atoms with Crippen molar-refractivity contribution in [3.05, 3.63) is 23.8 Å². The molecule has 0 aromatic heterocycles. The monoisotopic (exact) mass is 396 g/mol. The molecule has 0 aliphatic carbocycles. The van der Waals surface area contributed by atoms with Crippen LogP contribution in [0.5, 0.6) is 0 Å². The van der Waals surface area contributed by atoms with Crippen LogP contribution in [-0.4, -0.2) is 39.3 Å². The maximum atomic E-state index is 12.0. The number of benzene rings is 1. The van der Waals surface area contributed by atoms with E-state index in [0.717, 1.165) is 6.42 Å². The first-order chi connectivity index (χ1) is 12.1. The average Bonchev–Trinajstić information content (AvgIpc) is 2.56. The lowest BCUT2D eigenvalue weighted by molar-refractivity contribution is -0.135. The van der Waals surface area contributed by atoms with Gasteiger partial charge in [0, 0.05) is 18.7 Å². The maximum absolute atomic E-state index is 12.0. The number of hydrogen-bond acceptors (Lipinski definition) is 4. The van der Waals surface area contributed by atoms with Gasteiger partial charge in [-0.1, -0.05) is 19.3 Å². The lowest BCUT2D eigenvalue weighted by Gasteiger charge is -2.11. The maximum Gasteiger partial charge on any atom is 0.389 e. The predicted molar refractivity (Wildman–Crippen MR) is 91.9 cm³/mol. The molecular weight excluding hydrogens is 373 g/mol. The van der Waals surface area contributed by atoms with Crippen LogP contribution >= 0.6 is 0 Å². The first-order valence-corrected chi connectivity index (χ1v) is 9.66. The SMILES string of the molecule is CNS(=O)(=O)c1cc(NCCCCCCCC(F)(F)F)ccc1C(=O)O. The van der Waals surface area contributed by atoms with Crippen molar-refractivity contribution < 1.29 is 31.5 Å². The highest BCUT2D eigenvalue weighted by Crippen LogP contribution is 2.23. The van der Waals surface area contributed by atoms with Crippen LogP contribution < -0.4 is 10.0 Å². The zero-order chi connectivity index (χ0) is 19.8. The van der Waals surface area contributed by atoms with Crippen molar-refractivity contribution in [3.8, 4) is 0 Å². The van der Waals surface area contributed by atoms with Gasteiger partial charge in [0.05, 0.1) is 10.5 Å². The van der Waals surface area contributed by atoms with Gasteiger partial charge in [0.25, 0.3) is 0 Å². The molecule has 1 aromatic rings. The molecule has 1 rings (SSSR count). The quantitative estimate of drug-likeness (QED) is 0.497. The predicted octanol–water partition coefficient (Wildman–Crippen LogP) is 3.61. The number of rotatable bonds is 11. The Morgan fingerprint density at radius 3 is 2.31 bits per heavy atom. The fraction of sp³-hybridized carbons (Fsp3) is 0.562. The molecule has 0 aliphatic rings. The molecule has 10 heteroatoms. The van der Waals surface area contributed by atoms with Gasteiger partial charge in [-0.25, -0.2) is 17.9 Å². The van der Waals surface area contributed by atoms with Gasteiger partial charge in [-0.2, -0.15) is 13.2 Å². The largest absolute Gasteiger partial charge is 0.478 e. The highest BCUT2D eigenvalue weighted by Gasteiger charge is 2.25. The van der Waals surface area contributed by atoms with Gasteiger partial charge in [-0.3, -0.25) is 0 Å². The van der Waals surface area contributed by atoms with Crippen LogP contribution in [0.4, 0.5) is 18.9 Å². The number of aromatic carboxylic acids is 1. The number of hydrogen-bond donors (Lipinski definition) is 3. The molecule has 0 amide bonds. The Kier molecular flexibility index (Phi) is 8.35. The molecule has 0 bridgehead atoms. The third kappa shape index (κ3) is 7.61. The molecule has 0 aliphatic heterocycles. The highest BCUT2D eigenvalue weighted by molar-refractivity contribution is 7.89. The topological polar surface area (TPSA) is 95.5 Å². The number of carboxylic acid groups (broad SMARTS) is 1. The van der Waals surface area contributed by atoms with Gasteiger partial charge in [0.1, 0.15) is 0 Å². The molecule has 148 valence electrons. The van der Waals surface area contributed by atoms with Gasteiger partial charge in [-0.05, 0) is 38.1 Å². The summed E-state index contributed by atoms with van der Waals surface area (Å²) >= 11 is 0. The molecule has 0 saturated carbocycles. The van der Waals surface area contributed by atoms with Crippen LogP contribution in [0.15, 0.2) is 23.1 Å². The second kappa shape index (κ2) is 9.77. The fourth-order valence-electron chi connectivity index (χ4n) is 2.35. The van der Waals surface area contributed by atoms with E-state index in [-0.39, 0.29) is 16.9 Å². The summed E-state index contributed by atoms with van der Waals surface area (Å²) in [6.07, 6.45) is -2.08. The first kappa shape index (κ1) is 22.2. The molecule has 6 nitrogen and oxygen atoms in total. The molecule has 0 spiro atoms. The molecule has 3 N–H and O–H groups in total. The smallest absolute Gasteiger partial charge is 0.389 e. The second-order valence-electron chi connectivity index (χ2n) is 5.78. The summed E-state index contributed by atoms with van der Waals surface area (Å²) in [5.41, 5.74) is 0.135. The Hall–Kier alpha value is -1.81. The lowest BCUT2D eigenvalue weighted by Crippen LogP contribution is -2.21. The number of halogens is 3. The van der Waals surface area contributed by atoms with E-state index in [1.165, 1.54) is 25.2 Å². The van der Waals surface area contributed by atoms with Crippen molar-refractivity contribution in [1.29, 1.82) is 0 Å². The van der Waals surface area contributed by atoms with Crippen molar-refractivity contribution >= 4 is 21.7 Å². The van der Waals surface area contributed by atoms with Crippen LogP contribution in [0.25, 0.3) is 0 Å². The van der Waals surface area contributed by atoms with E-state index in [0.29, 0.717) is 31.5 Å². The van der Waals surface area contributed by atoms with E-state index in [4.69, 9.17) is 5.11 Å². The van der Waals surface area contributed by atoms with Crippen molar-refractivity contribution in [1.82, 2.24) is 4.72 Å². The van der Waals surface area contributed by atoms with Crippen LogP contribution in [0.2, 0.25) is 0 Å². The number of carboxylic acids is 1. The summed E-state index contributed by atoms with van der Waals surface area (Å²) in [7, 11) is -2.72. The zero-order valence-electron chi connectivity index (χ0n) is 14.4. The minimum atomic E-state index is -4.10. The van der Waals surface area contributed by atoms with Crippen LogP contribution in [0.3, 0.4) is 0 Å². The van der Waals surface area contributed by atoms with Crippen molar-refractivity contribution in [2.45, 2.75) is 49.6 Å². The van der Waals surface area contributed by atoms with E-state index in [1.54, 1.807) is 0 Å². The first-order valence-electron chi connectivity index (χ1n) is 8.18. The van der Waals surface area contributed by atoms with E-state index < -0.39 is 28.6 Å². The van der Waals surface area contributed by atoms with E-state index in [1.807, 2.05) is 0 Å². The number of anilines is 1. The van der Waals surface area contributed by atoms with Gasteiger partial charge >= 0.3 is 12.1 Å². The Morgan fingerprint density at radius 2 is 1.73 bits per heavy atom. The number of alkyl halides is 3. The van der Waals surface area contributed by atoms with Gasteiger partial charge < -0.3 is 10.4 Å². The van der Waals surface area contributed by atoms with E-state index in [2.05, 4.69) is 10.0 Å². The zero-order valence-corrected chi connectivity index (χ0v) is 15.2. The third-order valence-electron chi connectivity index (χ3n) is 3.74. The van der Waals surface area contributed by atoms with Gasteiger partial charge in [0.2, 0.25) is 10.0 Å². The fourth-order valence-corrected chi connectivity index (χ4v) is 3.30. The minimum Gasteiger partial charge on any atom is -0.478 e. The molecule has 0 unspecified atom stereocenters. The summed E-state index contributed by atoms with van der Waals surface area (Å²) in [6, 6.07) is 3.94. The Labute approximate surface area is 150 Å². The normalized spacial score (nSPS) is 12.2. The standard InChI is InChI=1S/C16H23F3N2O4S/c1-20-26(24,25)14-11-12(7-8-13(14)15(22)23)21-10-6-4-2-3-5-9-16(17,18)19/h7-8,11,20-21H,2-6,9-10H2,1H3,(H,22,23). The van der Waals surface area contributed by atoms with E-state index >= 15 is 0 Å². The van der Waals surface area contributed by atoms with Gasteiger partial charge in [0.15, 0.2) is 0 Å². The van der Waals surface area contributed by atoms with E-state index in [9.17, 15) is 26.4 Å². The molecule has 0 radical (unpaired) electrons. The molecule has 0 atom stereocenters. The summed E-state index contributed by atoms with van der Waals surface area (Å²) in [6.45, 7) is 0.505.